The summed E-state index contributed by atoms with van der Waals surface area (Å²) in [6.07, 6.45) is 4.38. The van der Waals surface area contributed by atoms with E-state index < -0.39 is 11.7 Å². The van der Waals surface area contributed by atoms with Gasteiger partial charge < -0.3 is 25.5 Å². The average molecular weight is 434 g/mol. The van der Waals surface area contributed by atoms with E-state index in [0.717, 1.165) is 30.7 Å². The second-order valence-electron chi connectivity index (χ2n) is 7.26. The highest BCUT2D eigenvalue weighted by molar-refractivity contribution is 5.95. The first-order valence-electron chi connectivity index (χ1n) is 9.68. The molecule has 1 unspecified atom stereocenters. The summed E-state index contributed by atoms with van der Waals surface area (Å²) in [5.74, 6) is -0.0439. The van der Waals surface area contributed by atoms with Gasteiger partial charge in [-0.1, -0.05) is 0 Å². The van der Waals surface area contributed by atoms with Crippen LogP contribution in [-0.2, 0) is 12.8 Å². The summed E-state index contributed by atoms with van der Waals surface area (Å²) in [6, 6.07) is 8.65. The van der Waals surface area contributed by atoms with Crippen LogP contribution in [0.3, 0.4) is 0 Å². The molecule has 4 N–H and O–H groups in total. The van der Waals surface area contributed by atoms with Crippen molar-refractivity contribution in [3.05, 3.63) is 59.0 Å². The largest absolute Gasteiger partial charge is 0.497 e. The number of halogens is 2. The molecule has 2 aromatic carbocycles. The molecule has 2 heterocycles. The van der Waals surface area contributed by atoms with Crippen molar-refractivity contribution in [3.63, 3.8) is 0 Å². The predicted octanol–water partition coefficient (Wildman–Crippen LogP) is 3.36. The molecule has 0 saturated heterocycles. The number of nitrogens with one attached hydrogen (secondary N) is 2. The highest BCUT2D eigenvalue weighted by Crippen LogP contribution is 2.31. The van der Waals surface area contributed by atoms with E-state index in [1.807, 2.05) is 24.4 Å². The predicted molar refractivity (Wildman–Crippen MR) is 116 cm³/mol. The van der Waals surface area contributed by atoms with Crippen molar-refractivity contribution in [1.29, 1.82) is 0 Å². The number of aromatic amines is 1. The lowest BCUT2D eigenvalue weighted by atomic mass is 9.96. The van der Waals surface area contributed by atoms with Crippen molar-refractivity contribution in [2.24, 2.45) is 5.73 Å². The number of benzene rings is 2. The van der Waals surface area contributed by atoms with Gasteiger partial charge in [-0.15, -0.1) is 12.4 Å². The standard InChI is InChI=1S/C22H24FN3O3.ClH/c1-28-15-4-7-20-17(10-15)13(11-26-20)3-2-8-25-14-9-18-16(22(24)27)5-6-19(23)21(18)29-12-14;/h4-7,10-11,14,25-26H,2-3,8-9,12H2,1H3,(H2,24,27);1H. The van der Waals surface area contributed by atoms with Gasteiger partial charge >= 0.3 is 0 Å². The molecule has 0 fully saturated rings. The lowest BCUT2D eigenvalue weighted by molar-refractivity contribution is 0.0997. The van der Waals surface area contributed by atoms with Crippen LogP contribution in [0.25, 0.3) is 10.9 Å². The van der Waals surface area contributed by atoms with Gasteiger partial charge in [0.1, 0.15) is 12.4 Å². The van der Waals surface area contributed by atoms with Crippen LogP contribution in [0, 0.1) is 5.82 Å². The van der Waals surface area contributed by atoms with E-state index in [4.69, 9.17) is 15.2 Å². The number of ether oxygens (including phenoxy) is 2. The summed E-state index contributed by atoms with van der Waals surface area (Å²) in [4.78, 5) is 14.9. The van der Waals surface area contributed by atoms with Crippen molar-refractivity contribution in [3.8, 4) is 11.5 Å². The van der Waals surface area contributed by atoms with Crippen molar-refractivity contribution in [1.82, 2.24) is 10.3 Å². The van der Waals surface area contributed by atoms with Crippen LogP contribution in [0.5, 0.6) is 11.5 Å². The summed E-state index contributed by atoms with van der Waals surface area (Å²) < 4.78 is 24.9. The molecule has 0 aliphatic carbocycles. The van der Waals surface area contributed by atoms with Crippen molar-refractivity contribution in [2.75, 3.05) is 20.3 Å². The number of aromatic nitrogens is 1. The number of carbonyl (C=O) groups excluding carboxylic acids is 1. The molecule has 4 rings (SSSR count). The molecule has 3 aromatic rings. The van der Waals surface area contributed by atoms with Crippen LogP contribution in [0.4, 0.5) is 4.39 Å². The Labute approximate surface area is 180 Å². The van der Waals surface area contributed by atoms with Gasteiger partial charge in [0.25, 0.3) is 0 Å². The topological polar surface area (TPSA) is 89.4 Å². The third-order valence-electron chi connectivity index (χ3n) is 5.39. The first kappa shape index (κ1) is 21.9. The number of fused-ring (bicyclic) bond motifs is 2. The minimum atomic E-state index is -0.569. The molecule has 0 radical (unpaired) electrons. The number of H-pyrrole nitrogens is 1. The van der Waals surface area contributed by atoms with E-state index in [9.17, 15) is 9.18 Å². The van der Waals surface area contributed by atoms with Gasteiger partial charge in [-0.3, -0.25) is 4.79 Å². The number of hydrogen-bond donors (Lipinski definition) is 3. The highest BCUT2D eigenvalue weighted by atomic mass is 35.5. The summed E-state index contributed by atoms with van der Waals surface area (Å²) in [6.45, 7) is 1.14. The SMILES string of the molecule is COc1ccc2[nH]cc(CCCNC3COc4c(F)ccc(C(N)=O)c4C3)c2c1.Cl. The van der Waals surface area contributed by atoms with Crippen LogP contribution in [-0.4, -0.2) is 37.2 Å². The summed E-state index contributed by atoms with van der Waals surface area (Å²) in [5.41, 5.74) is 8.62. The smallest absolute Gasteiger partial charge is 0.249 e. The number of methoxy groups -OCH3 is 1. The Balaban J connectivity index is 0.00000256. The molecular formula is C22H25ClFN3O3. The molecule has 0 spiro atoms. The Kier molecular flexibility index (Phi) is 6.84. The third-order valence-corrected chi connectivity index (χ3v) is 5.39. The lowest BCUT2D eigenvalue weighted by Crippen LogP contribution is -2.40. The van der Waals surface area contributed by atoms with E-state index in [0.29, 0.717) is 24.2 Å². The molecular weight excluding hydrogens is 409 g/mol. The molecule has 160 valence electrons. The van der Waals surface area contributed by atoms with E-state index in [2.05, 4.69) is 10.3 Å². The second-order valence-corrected chi connectivity index (χ2v) is 7.26. The number of aryl methyl sites for hydroxylation is 1. The average Bonchev–Trinajstić information content (AvgIpc) is 3.13. The van der Waals surface area contributed by atoms with Crippen molar-refractivity contribution < 1.29 is 18.7 Å². The van der Waals surface area contributed by atoms with Gasteiger partial charge in [-0.25, -0.2) is 4.39 Å². The maximum Gasteiger partial charge on any atom is 0.249 e. The zero-order valence-electron chi connectivity index (χ0n) is 16.7. The number of hydrogen-bond acceptors (Lipinski definition) is 4. The van der Waals surface area contributed by atoms with Crippen LogP contribution >= 0.6 is 12.4 Å². The van der Waals surface area contributed by atoms with Crippen molar-refractivity contribution in [2.45, 2.75) is 25.3 Å². The van der Waals surface area contributed by atoms with Gasteiger partial charge in [0.15, 0.2) is 11.6 Å². The summed E-state index contributed by atoms with van der Waals surface area (Å²) in [5, 5.41) is 4.61. The lowest BCUT2D eigenvalue weighted by Gasteiger charge is -2.27. The molecule has 1 aromatic heterocycles. The van der Waals surface area contributed by atoms with E-state index in [1.165, 1.54) is 23.1 Å². The zero-order valence-corrected chi connectivity index (χ0v) is 17.5. The fourth-order valence-electron chi connectivity index (χ4n) is 3.89. The van der Waals surface area contributed by atoms with Crippen LogP contribution in [0.2, 0.25) is 0 Å². The minimum Gasteiger partial charge on any atom is -0.497 e. The first-order chi connectivity index (χ1) is 14.1. The van der Waals surface area contributed by atoms with Crippen LogP contribution < -0.4 is 20.5 Å². The second kappa shape index (κ2) is 9.36. The van der Waals surface area contributed by atoms with Gasteiger partial charge in [0.2, 0.25) is 5.91 Å². The summed E-state index contributed by atoms with van der Waals surface area (Å²) in [7, 11) is 1.66. The normalized spacial score (nSPS) is 15.2. The molecule has 1 aliphatic heterocycles. The maximum atomic E-state index is 14.0. The number of carbonyl (C=O) groups is 1. The molecule has 6 nitrogen and oxygen atoms in total. The van der Waals surface area contributed by atoms with Gasteiger partial charge in [-0.2, -0.15) is 0 Å². The highest BCUT2D eigenvalue weighted by Gasteiger charge is 2.26. The van der Waals surface area contributed by atoms with Gasteiger partial charge in [0, 0.05) is 34.3 Å². The maximum absolute atomic E-state index is 14.0. The monoisotopic (exact) mass is 433 g/mol. The van der Waals surface area contributed by atoms with Gasteiger partial charge in [0.05, 0.1) is 7.11 Å². The van der Waals surface area contributed by atoms with E-state index >= 15 is 0 Å². The zero-order chi connectivity index (χ0) is 20.4. The van der Waals surface area contributed by atoms with Crippen LogP contribution in [0.15, 0.2) is 36.5 Å². The Bertz CT molecular complexity index is 1050. The molecule has 1 atom stereocenters. The fraction of sp³-hybridized carbons (Fsp3) is 0.318. The Morgan fingerprint density at radius 2 is 2.20 bits per heavy atom. The molecule has 1 amide bonds. The number of primary amides is 1. The Morgan fingerprint density at radius 1 is 1.37 bits per heavy atom. The quantitative estimate of drug-likeness (QED) is 0.498. The summed E-state index contributed by atoms with van der Waals surface area (Å²) >= 11 is 0. The Hall–Kier alpha value is -2.77. The third kappa shape index (κ3) is 4.37. The van der Waals surface area contributed by atoms with E-state index in [-0.39, 0.29) is 24.2 Å². The number of amides is 1. The molecule has 8 heteroatoms. The fourth-order valence-corrected chi connectivity index (χ4v) is 3.89. The van der Waals surface area contributed by atoms with E-state index in [1.54, 1.807) is 7.11 Å². The minimum absolute atomic E-state index is 0. The molecule has 0 saturated carbocycles. The molecule has 30 heavy (non-hydrogen) atoms. The molecule has 0 bridgehead atoms. The van der Waals surface area contributed by atoms with Gasteiger partial charge in [-0.05, 0) is 61.7 Å². The molecule has 1 aliphatic rings. The van der Waals surface area contributed by atoms with Crippen LogP contribution in [0.1, 0.15) is 27.9 Å². The van der Waals surface area contributed by atoms with Crippen molar-refractivity contribution >= 4 is 29.2 Å². The Morgan fingerprint density at radius 3 is 2.97 bits per heavy atom. The number of rotatable bonds is 7. The first-order valence-corrected chi connectivity index (χ1v) is 9.68. The number of nitrogens with two attached hydrogens (primary N) is 1.